The van der Waals surface area contributed by atoms with E-state index >= 15 is 0 Å². The van der Waals surface area contributed by atoms with Crippen molar-refractivity contribution < 1.29 is 9.72 Å². The molecule has 2 heterocycles. The predicted octanol–water partition coefficient (Wildman–Crippen LogP) is 1.56. The van der Waals surface area contributed by atoms with Crippen LogP contribution in [0.2, 0.25) is 0 Å². The summed E-state index contributed by atoms with van der Waals surface area (Å²) in [5.41, 5.74) is 0. The summed E-state index contributed by atoms with van der Waals surface area (Å²) < 4.78 is 0. The Morgan fingerprint density at radius 1 is 1.56 bits per heavy atom. The van der Waals surface area contributed by atoms with Gasteiger partial charge in [-0.15, -0.1) is 12.4 Å². The molecule has 2 N–H and O–H groups in total. The number of hydrogen-bond acceptors (Lipinski definition) is 5. The van der Waals surface area contributed by atoms with E-state index < -0.39 is 4.92 Å². The number of halogens is 1. The molecule has 0 saturated carbocycles. The number of hydrogen-bond donors (Lipinski definition) is 2. The van der Waals surface area contributed by atoms with E-state index in [0.717, 1.165) is 37.3 Å². The van der Waals surface area contributed by atoms with Crippen molar-refractivity contribution in [2.75, 3.05) is 13.1 Å². The number of nitrogens with zero attached hydrogens (tertiary/aromatic N) is 1. The van der Waals surface area contributed by atoms with Crippen LogP contribution in [0.5, 0.6) is 0 Å². The number of amides is 1. The molecular weight excluding hydrogens is 278 g/mol. The highest BCUT2D eigenvalue weighted by molar-refractivity contribution is 7.17. The summed E-state index contributed by atoms with van der Waals surface area (Å²) in [5, 5.41) is 16.6. The van der Waals surface area contributed by atoms with Crippen molar-refractivity contribution in [3.8, 4) is 0 Å². The Morgan fingerprint density at radius 2 is 2.33 bits per heavy atom. The number of carbonyl (C=O) groups excluding carboxylic acids is 1. The maximum absolute atomic E-state index is 11.8. The van der Waals surface area contributed by atoms with Gasteiger partial charge < -0.3 is 10.6 Å². The van der Waals surface area contributed by atoms with Gasteiger partial charge in [-0.3, -0.25) is 14.9 Å². The first-order valence-electron chi connectivity index (χ1n) is 5.42. The van der Waals surface area contributed by atoms with Crippen LogP contribution in [-0.4, -0.2) is 30.0 Å². The molecule has 8 heteroatoms. The topological polar surface area (TPSA) is 84.3 Å². The Bertz CT molecular complexity index is 432. The second kappa shape index (κ2) is 6.67. The van der Waals surface area contributed by atoms with E-state index in [9.17, 15) is 14.9 Å². The third-order valence-electron chi connectivity index (χ3n) is 2.63. The van der Waals surface area contributed by atoms with Crippen molar-refractivity contribution in [2.24, 2.45) is 0 Å². The molecule has 1 saturated heterocycles. The average molecular weight is 292 g/mol. The molecule has 1 aliphatic rings. The standard InChI is InChI=1S/C10H13N3O3S.ClH/c14-10(12-7-2-1-5-11-6-7)8-3-4-9(17-8)13(15)16;/h3-4,7,11H,1-2,5-6H2,(H,12,14);1H. The van der Waals surface area contributed by atoms with Crippen LogP contribution in [0.1, 0.15) is 22.5 Å². The molecule has 0 bridgehead atoms. The molecule has 1 aliphatic heterocycles. The van der Waals surface area contributed by atoms with Crippen molar-refractivity contribution in [1.82, 2.24) is 10.6 Å². The third-order valence-corrected chi connectivity index (χ3v) is 3.66. The molecule has 1 atom stereocenters. The minimum Gasteiger partial charge on any atom is -0.347 e. The van der Waals surface area contributed by atoms with E-state index in [0.29, 0.717) is 4.88 Å². The zero-order valence-corrected chi connectivity index (χ0v) is 11.2. The van der Waals surface area contributed by atoms with Gasteiger partial charge in [0.1, 0.15) is 0 Å². The van der Waals surface area contributed by atoms with Crippen LogP contribution in [0.4, 0.5) is 5.00 Å². The lowest BCUT2D eigenvalue weighted by Crippen LogP contribution is -2.45. The van der Waals surface area contributed by atoms with E-state index in [2.05, 4.69) is 10.6 Å². The van der Waals surface area contributed by atoms with Crippen molar-refractivity contribution >= 4 is 34.7 Å². The lowest BCUT2D eigenvalue weighted by atomic mass is 10.1. The normalized spacial score (nSPS) is 18.8. The van der Waals surface area contributed by atoms with Crippen LogP contribution in [0.15, 0.2) is 12.1 Å². The average Bonchev–Trinajstić information content (AvgIpc) is 2.79. The minimum absolute atomic E-state index is 0. The Labute approximate surface area is 114 Å². The molecule has 6 nitrogen and oxygen atoms in total. The van der Waals surface area contributed by atoms with Crippen LogP contribution < -0.4 is 10.6 Å². The summed E-state index contributed by atoms with van der Waals surface area (Å²) in [7, 11) is 0. The summed E-state index contributed by atoms with van der Waals surface area (Å²) in [6.45, 7) is 1.75. The Hall–Kier alpha value is -1.18. The molecule has 100 valence electrons. The molecule has 1 aromatic rings. The third kappa shape index (κ3) is 3.66. The second-order valence-corrected chi connectivity index (χ2v) is 4.97. The molecular formula is C10H14ClN3O3S. The summed E-state index contributed by atoms with van der Waals surface area (Å²) in [4.78, 5) is 22.2. The fourth-order valence-corrected chi connectivity index (χ4v) is 2.50. The van der Waals surface area contributed by atoms with Gasteiger partial charge in [0, 0.05) is 18.7 Å². The zero-order chi connectivity index (χ0) is 12.3. The largest absolute Gasteiger partial charge is 0.347 e. The van der Waals surface area contributed by atoms with Gasteiger partial charge in [0.25, 0.3) is 5.91 Å². The number of carbonyl (C=O) groups is 1. The van der Waals surface area contributed by atoms with Crippen LogP contribution in [0, 0.1) is 10.1 Å². The van der Waals surface area contributed by atoms with Gasteiger partial charge in [0.2, 0.25) is 0 Å². The van der Waals surface area contributed by atoms with E-state index in [1.807, 2.05) is 0 Å². The summed E-state index contributed by atoms with van der Waals surface area (Å²) in [6.07, 6.45) is 1.99. The summed E-state index contributed by atoms with van der Waals surface area (Å²) >= 11 is 0.906. The molecule has 0 aliphatic carbocycles. The van der Waals surface area contributed by atoms with Crippen LogP contribution in [0.25, 0.3) is 0 Å². The number of piperidine rings is 1. The molecule has 2 rings (SSSR count). The van der Waals surface area contributed by atoms with E-state index in [4.69, 9.17) is 0 Å². The van der Waals surface area contributed by atoms with Gasteiger partial charge in [-0.1, -0.05) is 11.3 Å². The molecule has 0 radical (unpaired) electrons. The first kappa shape index (κ1) is 14.9. The summed E-state index contributed by atoms with van der Waals surface area (Å²) in [6, 6.07) is 2.98. The number of rotatable bonds is 3. The van der Waals surface area contributed by atoms with Gasteiger partial charge in [0.05, 0.1) is 9.80 Å². The van der Waals surface area contributed by atoms with E-state index in [-0.39, 0.29) is 29.4 Å². The van der Waals surface area contributed by atoms with Crippen molar-refractivity contribution in [3.05, 3.63) is 27.1 Å². The smallest absolute Gasteiger partial charge is 0.324 e. The van der Waals surface area contributed by atoms with E-state index in [1.54, 1.807) is 0 Å². The fourth-order valence-electron chi connectivity index (χ4n) is 1.78. The van der Waals surface area contributed by atoms with Gasteiger partial charge in [0.15, 0.2) is 0 Å². The highest BCUT2D eigenvalue weighted by Gasteiger charge is 2.19. The highest BCUT2D eigenvalue weighted by Crippen LogP contribution is 2.23. The molecule has 1 aromatic heterocycles. The molecule has 1 unspecified atom stereocenters. The number of nitrogens with one attached hydrogen (secondary N) is 2. The van der Waals surface area contributed by atoms with Crippen molar-refractivity contribution in [3.63, 3.8) is 0 Å². The van der Waals surface area contributed by atoms with Gasteiger partial charge in [-0.25, -0.2) is 0 Å². The predicted molar refractivity (Wildman–Crippen MR) is 71.6 cm³/mol. The Morgan fingerprint density at radius 3 is 2.89 bits per heavy atom. The molecule has 1 amide bonds. The van der Waals surface area contributed by atoms with Gasteiger partial charge in [-0.2, -0.15) is 0 Å². The van der Waals surface area contributed by atoms with Crippen LogP contribution in [-0.2, 0) is 0 Å². The monoisotopic (exact) mass is 291 g/mol. The minimum atomic E-state index is -0.483. The maximum atomic E-state index is 11.8. The lowest BCUT2D eigenvalue weighted by Gasteiger charge is -2.23. The quantitative estimate of drug-likeness (QED) is 0.654. The molecule has 0 spiro atoms. The zero-order valence-electron chi connectivity index (χ0n) is 9.55. The molecule has 0 aromatic carbocycles. The first-order chi connectivity index (χ1) is 8.16. The SMILES string of the molecule is Cl.O=C(NC1CCCNC1)c1ccc([N+](=O)[O-])s1. The maximum Gasteiger partial charge on any atom is 0.324 e. The molecule has 1 fully saturated rings. The van der Waals surface area contributed by atoms with Gasteiger partial charge >= 0.3 is 5.00 Å². The van der Waals surface area contributed by atoms with Crippen molar-refractivity contribution in [1.29, 1.82) is 0 Å². The highest BCUT2D eigenvalue weighted by atomic mass is 35.5. The van der Waals surface area contributed by atoms with Gasteiger partial charge in [-0.05, 0) is 25.5 Å². The van der Waals surface area contributed by atoms with Crippen LogP contribution >= 0.6 is 23.7 Å². The lowest BCUT2D eigenvalue weighted by molar-refractivity contribution is -0.380. The number of nitro groups is 1. The first-order valence-corrected chi connectivity index (χ1v) is 6.24. The van der Waals surface area contributed by atoms with Crippen molar-refractivity contribution in [2.45, 2.75) is 18.9 Å². The molecule has 18 heavy (non-hydrogen) atoms. The summed E-state index contributed by atoms with van der Waals surface area (Å²) in [5.74, 6) is -0.225. The number of thiophene rings is 1. The second-order valence-electron chi connectivity index (χ2n) is 3.91. The Kier molecular flexibility index (Phi) is 5.52. The Balaban J connectivity index is 0.00000162. The van der Waals surface area contributed by atoms with Crippen LogP contribution in [0.3, 0.4) is 0 Å². The van der Waals surface area contributed by atoms with E-state index in [1.165, 1.54) is 12.1 Å². The fraction of sp³-hybridized carbons (Fsp3) is 0.500.